The van der Waals surface area contributed by atoms with Crippen LogP contribution in [0.1, 0.15) is 65.5 Å². The van der Waals surface area contributed by atoms with E-state index in [2.05, 4.69) is 10.6 Å². The van der Waals surface area contributed by atoms with Crippen LogP contribution in [0, 0.1) is 46.2 Å². The molecule has 2 amide bonds. The topological polar surface area (TPSA) is 58.2 Å². The van der Waals surface area contributed by atoms with Crippen LogP contribution in [0.2, 0.25) is 0 Å². The fraction of sp³-hybridized carbons (Fsp3) is 0.400. The molecule has 0 fully saturated rings. The third-order valence-electron chi connectivity index (χ3n) is 7.48. The number of hydrogen-bond donors (Lipinski definition) is 2. The summed E-state index contributed by atoms with van der Waals surface area (Å²) < 4.78 is 52.7. The van der Waals surface area contributed by atoms with E-state index >= 15 is 0 Å². The zero-order valence-electron chi connectivity index (χ0n) is 30.1. The van der Waals surface area contributed by atoms with Gasteiger partial charge in [0.1, 0.15) is 0 Å². The van der Waals surface area contributed by atoms with Crippen LogP contribution in [-0.2, 0) is 44.1 Å². The summed E-state index contributed by atoms with van der Waals surface area (Å²) in [5.74, 6) is -2.83. The molecule has 4 aromatic rings. The van der Waals surface area contributed by atoms with Gasteiger partial charge in [0.15, 0.2) is 0 Å². The normalized spacial score (nSPS) is 11.8. The molecular weight excluding hydrogens is 735 g/mol. The zero-order valence-corrected chi connectivity index (χ0v) is 33.1. The Morgan fingerprint density at radius 2 is 0.980 bits per heavy atom. The maximum Gasteiger partial charge on any atom is 4.00 e. The van der Waals surface area contributed by atoms with Crippen molar-refractivity contribution in [3.8, 4) is 0 Å². The summed E-state index contributed by atoms with van der Waals surface area (Å²) in [7, 11) is 0. The van der Waals surface area contributed by atoms with Gasteiger partial charge in [0.05, 0.1) is 10.8 Å². The standard InChI is InChI=1S/2C15H19ClF2NO.2C5H5.Ti/c2*1-4-12(19-14(20)15(2,3)9-16)7-10-5-6-11(17)8-13(10)18;2*1-2-4-5-3-1;/h2*5-6,12H,4,7,9H2,1-3H3,(H,19,20);2*1-5H;/q4*-1;+4. The molecule has 4 aromatic carbocycles. The summed E-state index contributed by atoms with van der Waals surface area (Å²) in [5, 5.41) is 5.70. The second kappa shape index (κ2) is 25.1. The van der Waals surface area contributed by atoms with Crippen molar-refractivity contribution >= 4 is 35.0 Å². The van der Waals surface area contributed by atoms with Gasteiger partial charge in [0.25, 0.3) is 0 Å². The number of carbonyl (C=O) groups excluding carboxylic acids is 2. The first-order valence-corrected chi connectivity index (χ1v) is 17.5. The molecule has 2 atom stereocenters. The van der Waals surface area contributed by atoms with Crippen molar-refractivity contribution in [3.63, 3.8) is 0 Å². The van der Waals surface area contributed by atoms with Gasteiger partial charge in [-0.2, -0.15) is 48.5 Å². The molecule has 0 radical (unpaired) electrons. The molecule has 2 unspecified atom stereocenters. The third-order valence-corrected chi connectivity index (χ3v) is 8.82. The van der Waals surface area contributed by atoms with E-state index in [0.717, 1.165) is 12.1 Å². The van der Waals surface area contributed by atoms with Crippen molar-refractivity contribution < 1.29 is 48.9 Å². The summed E-state index contributed by atoms with van der Waals surface area (Å²) in [6, 6.07) is 28.6. The number of rotatable bonds is 12. The van der Waals surface area contributed by atoms with Gasteiger partial charge >= 0.3 is 21.7 Å². The largest absolute Gasteiger partial charge is 4.00 e. The minimum absolute atomic E-state index is 0. The number of amides is 2. The molecule has 0 heterocycles. The van der Waals surface area contributed by atoms with E-state index < -0.39 is 34.1 Å². The molecule has 51 heavy (non-hydrogen) atoms. The van der Waals surface area contributed by atoms with Gasteiger partial charge in [-0.25, -0.2) is 41.8 Å². The van der Waals surface area contributed by atoms with Crippen LogP contribution in [0.15, 0.2) is 84.9 Å². The quantitative estimate of drug-likeness (QED) is 0.0651. The molecule has 0 aromatic heterocycles. The van der Waals surface area contributed by atoms with Crippen LogP contribution in [0.4, 0.5) is 17.6 Å². The first-order chi connectivity index (χ1) is 23.6. The van der Waals surface area contributed by atoms with Crippen molar-refractivity contribution in [2.24, 2.45) is 10.8 Å². The van der Waals surface area contributed by atoms with Crippen LogP contribution >= 0.6 is 23.2 Å². The Bertz CT molecular complexity index is 1370. The monoisotopic (exact) mass is 782 g/mol. The van der Waals surface area contributed by atoms with Crippen LogP contribution in [0.3, 0.4) is 0 Å². The van der Waals surface area contributed by atoms with Crippen molar-refractivity contribution in [3.05, 3.63) is 131 Å². The number of alkyl halides is 2. The minimum atomic E-state index is -0.730. The molecule has 276 valence electrons. The summed E-state index contributed by atoms with van der Waals surface area (Å²) in [4.78, 5) is 24.1. The van der Waals surface area contributed by atoms with Gasteiger partial charge in [0, 0.05) is 47.1 Å². The molecule has 0 saturated heterocycles. The van der Waals surface area contributed by atoms with Crippen molar-refractivity contribution in [1.29, 1.82) is 0 Å². The molecule has 11 heteroatoms. The van der Waals surface area contributed by atoms with E-state index in [9.17, 15) is 27.2 Å². The van der Waals surface area contributed by atoms with Crippen molar-refractivity contribution in [2.45, 2.75) is 79.3 Å². The number of halogens is 6. The molecule has 2 N–H and O–H groups in total. The first-order valence-electron chi connectivity index (χ1n) is 16.4. The van der Waals surface area contributed by atoms with E-state index in [1.54, 1.807) is 27.7 Å². The van der Waals surface area contributed by atoms with E-state index in [1.165, 1.54) is 12.1 Å². The SMILES string of the molecule is CCC(Cc1ccc(F)[c-]c1F)NC(=O)C(C)(C)CCl.CCC(Cc1ccc(F)[c-]c1F)NC(=O)C(C)(C)CCl.[Ti+4].c1cc[cH-]c1.c1cc[cH-]c1. The van der Waals surface area contributed by atoms with Gasteiger partial charge < -0.3 is 10.6 Å². The summed E-state index contributed by atoms with van der Waals surface area (Å²) in [5.41, 5.74) is -0.685. The number of nitrogens with one attached hydrogen (secondary N) is 2. The molecule has 0 aliphatic rings. The Balaban J connectivity index is 0.000000754. The Hall–Kier alpha value is -2.91. The number of benzene rings is 2. The second-order valence-electron chi connectivity index (χ2n) is 12.8. The molecule has 0 aliphatic carbocycles. The van der Waals surface area contributed by atoms with E-state index in [-0.39, 0.29) is 57.4 Å². The molecule has 0 spiro atoms. The summed E-state index contributed by atoms with van der Waals surface area (Å²) >= 11 is 11.5. The summed E-state index contributed by atoms with van der Waals surface area (Å²) in [6.45, 7) is 10.8. The third kappa shape index (κ3) is 18.9. The van der Waals surface area contributed by atoms with Crippen LogP contribution in [0.25, 0.3) is 0 Å². The maximum atomic E-state index is 13.6. The molecule has 0 aliphatic heterocycles. The summed E-state index contributed by atoms with van der Waals surface area (Å²) in [6.07, 6.45) is 1.87. The fourth-order valence-corrected chi connectivity index (χ4v) is 4.16. The second-order valence-corrected chi connectivity index (χ2v) is 13.4. The van der Waals surface area contributed by atoms with Gasteiger partial charge in [-0.3, -0.25) is 9.59 Å². The average Bonchev–Trinajstić information content (AvgIpc) is 3.87. The zero-order chi connectivity index (χ0) is 37.7. The van der Waals surface area contributed by atoms with Gasteiger partial charge in [-0.1, -0.05) is 26.7 Å². The predicted molar refractivity (Wildman–Crippen MR) is 195 cm³/mol. The fourth-order valence-electron chi connectivity index (χ4n) is 3.91. The number of carbonyl (C=O) groups is 2. The van der Waals surface area contributed by atoms with Gasteiger partial charge in [0.2, 0.25) is 11.8 Å². The molecule has 4 nitrogen and oxygen atoms in total. The first kappa shape index (κ1) is 48.1. The molecule has 0 bridgehead atoms. The average molecular weight is 784 g/mol. The predicted octanol–water partition coefficient (Wildman–Crippen LogP) is 9.74. The molecular formula is C40H48Cl2F4N2O2Ti. The van der Waals surface area contributed by atoms with Gasteiger partial charge in [-0.05, 0) is 40.5 Å². The van der Waals surface area contributed by atoms with E-state index in [1.807, 2.05) is 86.6 Å². The van der Waals surface area contributed by atoms with Gasteiger partial charge in [-0.15, -0.1) is 58.6 Å². The Labute approximate surface area is 326 Å². The van der Waals surface area contributed by atoms with E-state index in [0.29, 0.717) is 36.8 Å². The Kier molecular flexibility index (Phi) is 23.7. The molecule has 4 rings (SSSR count). The van der Waals surface area contributed by atoms with Crippen molar-refractivity contribution in [2.75, 3.05) is 11.8 Å². The minimum Gasteiger partial charge on any atom is -0.354 e. The number of hydrogen-bond acceptors (Lipinski definition) is 2. The Morgan fingerprint density at radius 3 is 1.20 bits per heavy atom. The van der Waals surface area contributed by atoms with Crippen LogP contribution in [0.5, 0.6) is 0 Å². The molecule has 0 saturated carbocycles. The van der Waals surface area contributed by atoms with Crippen LogP contribution < -0.4 is 10.6 Å². The Morgan fingerprint density at radius 1 is 0.667 bits per heavy atom. The maximum absolute atomic E-state index is 13.6. The van der Waals surface area contributed by atoms with Crippen molar-refractivity contribution in [1.82, 2.24) is 10.6 Å². The van der Waals surface area contributed by atoms with E-state index in [4.69, 9.17) is 23.2 Å². The smallest absolute Gasteiger partial charge is 0.354 e. The van der Waals surface area contributed by atoms with Crippen LogP contribution in [-0.4, -0.2) is 35.7 Å².